The first-order valence-corrected chi connectivity index (χ1v) is 41.6. The molecule has 0 saturated heterocycles. The second kappa shape index (κ2) is 69.0. The van der Waals surface area contributed by atoms with E-state index in [2.05, 4.69) is 52.0 Å². The average Bonchev–Trinajstić information content (AvgIpc) is 1.59. The summed E-state index contributed by atoms with van der Waals surface area (Å²) in [6, 6.07) is 0. The van der Waals surface area contributed by atoms with E-state index in [1.807, 2.05) is 0 Å². The molecule has 0 aliphatic rings. The molecule has 0 rings (SSSR count). The van der Waals surface area contributed by atoms with E-state index in [4.69, 9.17) is 37.0 Å². The number of esters is 4. The number of rotatable bonds is 74. The summed E-state index contributed by atoms with van der Waals surface area (Å²) in [5.41, 5.74) is 0. The number of hydrogen-bond donors (Lipinski definition) is 3. The lowest BCUT2D eigenvalue weighted by Crippen LogP contribution is -2.30. The van der Waals surface area contributed by atoms with E-state index in [0.717, 1.165) is 122 Å². The lowest BCUT2D eigenvalue weighted by molar-refractivity contribution is -0.161. The van der Waals surface area contributed by atoms with Crippen LogP contribution in [0.1, 0.15) is 374 Å². The summed E-state index contributed by atoms with van der Waals surface area (Å²) in [5, 5.41) is 10.6. The van der Waals surface area contributed by atoms with Crippen LogP contribution in [0, 0.1) is 0 Å². The minimum atomic E-state index is -4.96. The summed E-state index contributed by atoms with van der Waals surface area (Å²) < 4.78 is 68.3. The van der Waals surface area contributed by atoms with Crippen molar-refractivity contribution >= 4 is 39.5 Å². The van der Waals surface area contributed by atoms with Gasteiger partial charge in [-0.1, -0.05) is 322 Å². The van der Waals surface area contributed by atoms with E-state index in [1.165, 1.54) is 173 Å². The summed E-state index contributed by atoms with van der Waals surface area (Å²) in [5.74, 6) is -2.15. The van der Waals surface area contributed by atoms with Crippen molar-refractivity contribution in [3.63, 3.8) is 0 Å². The van der Waals surface area contributed by atoms with Gasteiger partial charge in [0.2, 0.25) is 0 Å². The molecule has 0 aromatic heterocycles. The van der Waals surface area contributed by atoms with Crippen molar-refractivity contribution in [1.29, 1.82) is 0 Å². The Kier molecular flexibility index (Phi) is 67.2. The zero-order valence-corrected chi connectivity index (χ0v) is 62.2. The van der Waals surface area contributed by atoms with Gasteiger partial charge in [0.25, 0.3) is 0 Å². The highest BCUT2D eigenvalue weighted by atomic mass is 31.2. The van der Waals surface area contributed by atoms with Gasteiger partial charge in [-0.2, -0.15) is 0 Å². The fourth-order valence-corrected chi connectivity index (χ4v) is 12.6. The van der Waals surface area contributed by atoms with Gasteiger partial charge in [-0.25, -0.2) is 9.13 Å². The van der Waals surface area contributed by atoms with Gasteiger partial charge in [0.15, 0.2) is 12.2 Å². The van der Waals surface area contributed by atoms with Gasteiger partial charge in [0.1, 0.15) is 19.3 Å². The van der Waals surface area contributed by atoms with Gasteiger partial charge < -0.3 is 33.8 Å². The van der Waals surface area contributed by atoms with Crippen LogP contribution < -0.4 is 0 Å². The van der Waals surface area contributed by atoms with E-state index < -0.39 is 97.5 Å². The average molecular weight is 1380 g/mol. The second-order valence-corrected chi connectivity index (χ2v) is 29.3. The van der Waals surface area contributed by atoms with Crippen LogP contribution in [0.15, 0.2) is 24.3 Å². The standard InChI is InChI=1S/C75H142O17P2/c1-5-9-13-17-21-24-27-30-32-33-34-35-36-38-40-43-46-50-54-58-62-75(80)92-71(66-86-73(78)60-56-52-48-44-42-39-37-31-28-25-22-18-14-10-6-2)68-90-94(83,84)88-64-69(76)63-87-93(81,82)89-67-70(65-85-72(77)59-55-51-47-20-16-12-8-4)91-74(79)61-57-53-49-45-41-29-26-23-19-15-11-7-3/h25,28,31,37,69-71,76H,5-24,26-27,29-30,32-36,38-68H2,1-4H3,(H,81,82)(H,83,84)/b28-25-,37-31-/t69-,70+,71+/m0/s1. The van der Waals surface area contributed by atoms with Gasteiger partial charge in [0, 0.05) is 25.7 Å². The third-order valence-corrected chi connectivity index (χ3v) is 18.9. The molecule has 0 fully saturated rings. The molecule has 17 nitrogen and oxygen atoms in total. The summed E-state index contributed by atoms with van der Waals surface area (Å²) in [4.78, 5) is 72.6. The van der Waals surface area contributed by atoms with E-state index in [1.54, 1.807) is 0 Å². The van der Waals surface area contributed by atoms with Crippen molar-refractivity contribution in [2.75, 3.05) is 39.6 Å². The van der Waals surface area contributed by atoms with Crippen LogP contribution in [0.3, 0.4) is 0 Å². The monoisotopic (exact) mass is 1380 g/mol. The SMILES string of the molecule is CCCCCC/C=C\C=C/CCCCCCCC(=O)OC[C@H](COP(=O)(O)OC[C@@H](O)COP(=O)(O)OC[C@@H](COC(=O)CCCCCCCCC)OC(=O)CCCCCCCCCCCCCC)OC(=O)CCCCCCCCCCCCCCCCCCCCCC. The molecule has 0 radical (unpaired) electrons. The Morgan fingerprint density at radius 2 is 0.511 bits per heavy atom. The highest BCUT2D eigenvalue weighted by molar-refractivity contribution is 7.47. The van der Waals surface area contributed by atoms with Crippen molar-refractivity contribution in [3.05, 3.63) is 24.3 Å². The van der Waals surface area contributed by atoms with Crippen LogP contribution in [0.2, 0.25) is 0 Å². The molecule has 0 bridgehead atoms. The Morgan fingerprint density at radius 3 is 0.777 bits per heavy atom. The molecule has 5 atom stereocenters. The lowest BCUT2D eigenvalue weighted by Gasteiger charge is -2.21. The third kappa shape index (κ3) is 68.1. The van der Waals surface area contributed by atoms with Crippen molar-refractivity contribution in [3.8, 4) is 0 Å². The summed E-state index contributed by atoms with van der Waals surface area (Å²) in [6.07, 6.45) is 62.0. The minimum Gasteiger partial charge on any atom is -0.462 e. The quantitative estimate of drug-likeness (QED) is 0.0169. The largest absolute Gasteiger partial charge is 0.472 e. The van der Waals surface area contributed by atoms with Crippen LogP contribution in [0.25, 0.3) is 0 Å². The van der Waals surface area contributed by atoms with Gasteiger partial charge in [-0.3, -0.25) is 37.3 Å². The minimum absolute atomic E-state index is 0.102. The Hall–Kier alpha value is -2.46. The van der Waals surface area contributed by atoms with E-state index >= 15 is 0 Å². The van der Waals surface area contributed by atoms with E-state index in [9.17, 15) is 43.2 Å². The molecule has 0 heterocycles. The molecular formula is C75H142O17P2. The van der Waals surface area contributed by atoms with Gasteiger partial charge >= 0.3 is 39.5 Å². The normalized spacial score (nSPS) is 14.1. The smallest absolute Gasteiger partial charge is 0.462 e. The number of allylic oxidation sites excluding steroid dienone is 4. The molecule has 0 amide bonds. The number of aliphatic hydroxyl groups excluding tert-OH is 1. The van der Waals surface area contributed by atoms with Gasteiger partial charge in [-0.05, 0) is 51.4 Å². The third-order valence-electron chi connectivity index (χ3n) is 17.0. The maximum atomic E-state index is 13.1. The predicted molar refractivity (Wildman–Crippen MR) is 381 cm³/mol. The number of hydrogen-bond acceptors (Lipinski definition) is 15. The van der Waals surface area contributed by atoms with Crippen molar-refractivity contribution in [2.45, 2.75) is 393 Å². The molecule has 0 aliphatic heterocycles. The summed E-state index contributed by atoms with van der Waals surface area (Å²) in [6.45, 7) is 4.87. The summed E-state index contributed by atoms with van der Waals surface area (Å²) >= 11 is 0. The number of phosphoric ester groups is 2. The fraction of sp³-hybridized carbons (Fsp3) is 0.893. The molecule has 19 heteroatoms. The first-order valence-electron chi connectivity index (χ1n) is 38.6. The number of carbonyl (C=O) groups is 4. The molecule has 3 N–H and O–H groups in total. The highest BCUT2D eigenvalue weighted by Crippen LogP contribution is 2.45. The van der Waals surface area contributed by atoms with E-state index in [-0.39, 0.29) is 25.7 Å². The van der Waals surface area contributed by atoms with Crippen LogP contribution in [0.5, 0.6) is 0 Å². The van der Waals surface area contributed by atoms with Crippen molar-refractivity contribution in [2.24, 2.45) is 0 Å². The Morgan fingerprint density at radius 1 is 0.298 bits per heavy atom. The second-order valence-electron chi connectivity index (χ2n) is 26.4. The van der Waals surface area contributed by atoms with Gasteiger partial charge in [0.05, 0.1) is 26.4 Å². The Labute approximate surface area is 573 Å². The highest BCUT2D eigenvalue weighted by Gasteiger charge is 2.30. The molecule has 0 spiro atoms. The van der Waals surface area contributed by atoms with Crippen LogP contribution >= 0.6 is 15.6 Å². The first-order chi connectivity index (χ1) is 45.7. The lowest BCUT2D eigenvalue weighted by atomic mass is 10.0. The Balaban J connectivity index is 5.21. The predicted octanol–water partition coefficient (Wildman–Crippen LogP) is 21.8. The molecule has 0 saturated carbocycles. The van der Waals surface area contributed by atoms with E-state index in [0.29, 0.717) is 25.7 Å². The first kappa shape index (κ1) is 91.5. The van der Waals surface area contributed by atoms with Crippen LogP contribution in [-0.2, 0) is 65.4 Å². The van der Waals surface area contributed by atoms with Crippen LogP contribution in [0.4, 0.5) is 0 Å². The maximum absolute atomic E-state index is 13.1. The zero-order chi connectivity index (χ0) is 69.0. The van der Waals surface area contributed by atoms with Crippen molar-refractivity contribution < 1.29 is 80.2 Å². The zero-order valence-electron chi connectivity index (χ0n) is 60.4. The fourth-order valence-electron chi connectivity index (χ4n) is 11.0. The molecule has 2 unspecified atom stereocenters. The number of unbranched alkanes of at least 4 members (excludes halogenated alkanes) is 45. The topological polar surface area (TPSA) is 237 Å². The van der Waals surface area contributed by atoms with Crippen molar-refractivity contribution in [1.82, 2.24) is 0 Å². The molecule has 0 aromatic carbocycles. The van der Waals surface area contributed by atoms with Gasteiger partial charge in [-0.15, -0.1) is 0 Å². The summed E-state index contributed by atoms with van der Waals surface area (Å²) in [7, 11) is -9.91. The molecule has 0 aromatic rings. The number of phosphoric acid groups is 2. The van der Waals surface area contributed by atoms with Crippen LogP contribution in [-0.4, -0.2) is 96.7 Å². The molecule has 554 valence electrons. The number of aliphatic hydroxyl groups is 1. The number of ether oxygens (including phenoxy) is 4. The maximum Gasteiger partial charge on any atom is 0.472 e. The number of carbonyl (C=O) groups excluding carboxylic acids is 4. The molecule has 0 aliphatic carbocycles. The molecule has 94 heavy (non-hydrogen) atoms. The molecular weight excluding hydrogens is 1230 g/mol. The Bertz CT molecular complexity index is 1880.